The molecule has 0 amide bonds. The largest absolute Gasteiger partial charge is 0.240 e. The minimum atomic E-state index is 0.443. The number of nitrogens with one attached hydrogen (secondary N) is 1. The van der Waals surface area contributed by atoms with Gasteiger partial charge in [0.25, 0.3) is 0 Å². The van der Waals surface area contributed by atoms with Gasteiger partial charge in [-0.25, -0.2) is 10.1 Å². The molecule has 0 atom stereocenters. The van der Waals surface area contributed by atoms with Crippen molar-refractivity contribution in [3.05, 3.63) is 17.3 Å². The van der Waals surface area contributed by atoms with Crippen LogP contribution in [0.2, 0.25) is 5.15 Å². The van der Waals surface area contributed by atoms with Crippen LogP contribution in [0.1, 0.15) is 0 Å². The summed E-state index contributed by atoms with van der Waals surface area (Å²) >= 11 is 5.59. The van der Waals surface area contributed by atoms with E-state index < -0.39 is 0 Å². The van der Waals surface area contributed by atoms with Crippen molar-refractivity contribution in [1.82, 2.24) is 20.4 Å². The van der Waals surface area contributed by atoms with Gasteiger partial charge in [-0.05, 0) is 12.1 Å². The number of rotatable bonds is 0. The molecule has 10 heavy (non-hydrogen) atoms. The third-order valence-corrected chi connectivity index (χ3v) is 1.36. The molecule has 0 aromatic carbocycles. The SMILES string of the molecule is Clc1ccc2nn[nH]c2n1. The number of hydrogen-bond donors (Lipinski definition) is 1. The fourth-order valence-corrected chi connectivity index (χ4v) is 0.865. The summed E-state index contributed by atoms with van der Waals surface area (Å²) in [5.41, 5.74) is 1.34. The normalized spacial score (nSPS) is 10.5. The van der Waals surface area contributed by atoms with Crippen molar-refractivity contribution < 1.29 is 0 Å². The van der Waals surface area contributed by atoms with Crippen molar-refractivity contribution in [3.63, 3.8) is 0 Å². The van der Waals surface area contributed by atoms with Gasteiger partial charge in [-0.1, -0.05) is 16.8 Å². The topological polar surface area (TPSA) is 54.5 Å². The molecule has 50 valence electrons. The van der Waals surface area contributed by atoms with E-state index in [4.69, 9.17) is 11.6 Å². The highest BCUT2D eigenvalue weighted by Gasteiger charge is 1.96. The van der Waals surface area contributed by atoms with Crippen molar-refractivity contribution in [1.29, 1.82) is 0 Å². The van der Waals surface area contributed by atoms with E-state index in [0.29, 0.717) is 10.8 Å². The first-order valence-electron chi connectivity index (χ1n) is 2.69. The molecule has 0 bridgehead atoms. The first kappa shape index (κ1) is 5.61. The van der Waals surface area contributed by atoms with Crippen LogP contribution in [-0.2, 0) is 0 Å². The number of nitrogens with zero attached hydrogens (tertiary/aromatic N) is 3. The molecule has 0 aliphatic rings. The second-order valence-electron chi connectivity index (χ2n) is 1.81. The Kier molecular flexibility index (Phi) is 1.07. The Labute approximate surface area is 61.2 Å². The number of aromatic amines is 1. The Balaban J connectivity index is 2.86. The van der Waals surface area contributed by atoms with Crippen LogP contribution in [0, 0.1) is 0 Å². The van der Waals surface area contributed by atoms with E-state index >= 15 is 0 Å². The van der Waals surface area contributed by atoms with Crippen LogP contribution in [0.4, 0.5) is 0 Å². The van der Waals surface area contributed by atoms with Gasteiger partial charge in [0, 0.05) is 0 Å². The summed E-state index contributed by atoms with van der Waals surface area (Å²) in [6.45, 7) is 0. The summed E-state index contributed by atoms with van der Waals surface area (Å²) in [5.74, 6) is 0. The molecule has 2 heterocycles. The number of hydrogen-bond acceptors (Lipinski definition) is 3. The molecule has 2 aromatic heterocycles. The number of aromatic nitrogens is 4. The summed E-state index contributed by atoms with van der Waals surface area (Å²) in [5, 5.41) is 10.3. The molecule has 0 unspecified atom stereocenters. The Hall–Kier alpha value is -1.16. The predicted octanol–water partition coefficient (Wildman–Crippen LogP) is 1.01. The molecule has 0 fully saturated rings. The van der Waals surface area contributed by atoms with Crippen molar-refractivity contribution in [2.75, 3.05) is 0 Å². The molecule has 0 aliphatic heterocycles. The van der Waals surface area contributed by atoms with Crippen molar-refractivity contribution in [2.24, 2.45) is 0 Å². The Morgan fingerprint density at radius 2 is 2.30 bits per heavy atom. The zero-order valence-electron chi connectivity index (χ0n) is 4.87. The minimum Gasteiger partial charge on any atom is -0.240 e. The zero-order valence-corrected chi connectivity index (χ0v) is 5.63. The van der Waals surface area contributed by atoms with Crippen LogP contribution in [0.25, 0.3) is 11.2 Å². The summed E-state index contributed by atoms with van der Waals surface area (Å²) < 4.78 is 0. The number of fused-ring (bicyclic) bond motifs is 1. The maximum absolute atomic E-state index is 5.59. The Morgan fingerprint density at radius 1 is 1.40 bits per heavy atom. The number of pyridine rings is 1. The molecule has 0 spiro atoms. The van der Waals surface area contributed by atoms with Crippen molar-refractivity contribution in [2.45, 2.75) is 0 Å². The average Bonchev–Trinajstić information content (AvgIpc) is 2.33. The van der Waals surface area contributed by atoms with E-state index in [1.165, 1.54) is 0 Å². The van der Waals surface area contributed by atoms with E-state index in [-0.39, 0.29) is 0 Å². The highest BCUT2D eigenvalue weighted by atomic mass is 35.5. The van der Waals surface area contributed by atoms with Gasteiger partial charge in [0.2, 0.25) is 0 Å². The summed E-state index contributed by atoms with van der Waals surface area (Å²) in [6, 6.07) is 3.43. The molecular weight excluding hydrogens is 152 g/mol. The van der Waals surface area contributed by atoms with Crippen LogP contribution in [0.3, 0.4) is 0 Å². The predicted molar refractivity (Wildman–Crippen MR) is 36.7 cm³/mol. The first-order chi connectivity index (χ1) is 4.86. The van der Waals surface area contributed by atoms with Gasteiger partial charge >= 0.3 is 0 Å². The Morgan fingerprint density at radius 3 is 3.20 bits per heavy atom. The lowest BCUT2D eigenvalue weighted by atomic mass is 10.4. The van der Waals surface area contributed by atoms with Gasteiger partial charge in [-0.2, -0.15) is 0 Å². The standard InChI is InChI=1S/C5H3ClN4/c6-4-2-1-3-5(7-4)9-10-8-3/h1-2H,(H,7,8,9,10). The maximum atomic E-state index is 5.59. The van der Waals surface area contributed by atoms with Gasteiger partial charge in [-0.15, -0.1) is 5.10 Å². The van der Waals surface area contributed by atoms with E-state index in [0.717, 1.165) is 5.52 Å². The molecule has 1 N–H and O–H groups in total. The highest BCUT2D eigenvalue weighted by Crippen LogP contribution is 2.08. The molecule has 0 radical (unpaired) electrons. The van der Waals surface area contributed by atoms with E-state index in [2.05, 4.69) is 20.4 Å². The van der Waals surface area contributed by atoms with Crippen LogP contribution < -0.4 is 0 Å². The smallest absolute Gasteiger partial charge is 0.177 e. The van der Waals surface area contributed by atoms with Crippen LogP contribution in [-0.4, -0.2) is 20.4 Å². The number of halogens is 1. The molecule has 0 aliphatic carbocycles. The van der Waals surface area contributed by atoms with Gasteiger partial charge in [-0.3, -0.25) is 0 Å². The third-order valence-electron chi connectivity index (χ3n) is 1.15. The summed E-state index contributed by atoms with van der Waals surface area (Å²) in [4.78, 5) is 3.92. The van der Waals surface area contributed by atoms with Gasteiger partial charge in [0.15, 0.2) is 5.65 Å². The maximum Gasteiger partial charge on any atom is 0.177 e. The van der Waals surface area contributed by atoms with Crippen LogP contribution in [0.5, 0.6) is 0 Å². The summed E-state index contributed by atoms with van der Waals surface area (Å²) in [7, 11) is 0. The highest BCUT2D eigenvalue weighted by molar-refractivity contribution is 6.29. The fourth-order valence-electron chi connectivity index (χ4n) is 0.717. The van der Waals surface area contributed by atoms with Crippen LogP contribution in [0.15, 0.2) is 12.1 Å². The van der Waals surface area contributed by atoms with Crippen molar-refractivity contribution >= 4 is 22.8 Å². The van der Waals surface area contributed by atoms with Gasteiger partial charge in [0.05, 0.1) is 0 Å². The lowest BCUT2D eigenvalue weighted by molar-refractivity contribution is 0.954. The molecule has 4 nitrogen and oxygen atoms in total. The second kappa shape index (κ2) is 1.91. The first-order valence-corrected chi connectivity index (χ1v) is 3.07. The third kappa shape index (κ3) is 0.733. The lowest BCUT2D eigenvalue weighted by Gasteiger charge is -1.84. The molecule has 2 aromatic rings. The second-order valence-corrected chi connectivity index (χ2v) is 2.20. The molecule has 0 saturated carbocycles. The van der Waals surface area contributed by atoms with Gasteiger partial charge < -0.3 is 0 Å². The average molecular weight is 155 g/mol. The van der Waals surface area contributed by atoms with E-state index in [9.17, 15) is 0 Å². The van der Waals surface area contributed by atoms with Crippen molar-refractivity contribution in [3.8, 4) is 0 Å². The molecule has 2 rings (SSSR count). The molecular formula is C5H3ClN4. The van der Waals surface area contributed by atoms with Crippen LogP contribution >= 0.6 is 11.6 Å². The molecule has 5 heteroatoms. The zero-order chi connectivity index (χ0) is 6.97. The monoisotopic (exact) mass is 154 g/mol. The molecule has 0 saturated heterocycles. The lowest BCUT2D eigenvalue weighted by Crippen LogP contribution is -1.75. The number of H-pyrrole nitrogens is 1. The quantitative estimate of drug-likeness (QED) is 0.576. The summed E-state index contributed by atoms with van der Waals surface area (Å²) in [6.07, 6.45) is 0. The van der Waals surface area contributed by atoms with E-state index in [1.807, 2.05) is 0 Å². The van der Waals surface area contributed by atoms with Gasteiger partial charge in [0.1, 0.15) is 10.7 Å². The minimum absolute atomic E-state index is 0.443. The fraction of sp³-hybridized carbons (Fsp3) is 0. The Bertz CT molecular complexity index is 355. The van der Waals surface area contributed by atoms with E-state index in [1.54, 1.807) is 12.1 Å².